The smallest absolute Gasteiger partial charge is 0.336 e. The van der Waals surface area contributed by atoms with Crippen molar-refractivity contribution in [1.29, 1.82) is 0 Å². The number of nitrogens with one attached hydrogen (secondary N) is 1. The van der Waals surface area contributed by atoms with Gasteiger partial charge in [-0.1, -0.05) is 18.2 Å². The summed E-state index contributed by atoms with van der Waals surface area (Å²) in [5, 5.41) is 12.5. The number of ether oxygens (including phenoxy) is 3. The lowest BCUT2D eigenvalue weighted by atomic mass is 9.69. The van der Waals surface area contributed by atoms with Crippen molar-refractivity contribution in [2.75, 3.05) is 26.9 Å². The number of hydrogen-bond acceptors (Lipinski definition) is 9. The molecule has 0 radical (unpaired) electrons. The van der Waals surface area contributed by atoms with Crippen molar-refractivity contribution >= 4 is 11.9 Å². The molecule has 1 aromatic rings. The van der Waals surface area contributed by atoms with Crippen molar-refractivity contribution in [3.8, 4) is 5.75 Å². The maximum absolute atomic E-state index is 12.8. The number of methoxy groups -OCH3 is 1. The molecule has 0 fully saturated rings. The molecule has 2 unspecified atom stereocenters. The van der Waals surface area contributed by atoms with Crippen molar-refractivity contribution in [1.82, 2.24) is 5.32 Å². The van der Waals surface area contributed by atoms with Gasteiger partial charge in [0.05, 0.1) is 38.4 Å². The van der Waals surface area contributed by atoms with Crippen molar-refractivity contribution in [3.05, 3.63) is 51.7 Å². The van der Waals surface area contributed by atoms with Gasteiger partial charge in [0, 0.05) is 29.6 Å². The highest BCUT2D eigenvalue weighted by atomic mass is 16.9. The SMILES string of the molecule is CCOC(=O)C1=CNC(C)(C)C(C(=O)OC)C1c1ccccc1OCCCO[N+](=O)[O-]. The zero-order chi connectivity index (χ0) is 23.0. The second-order valence-corrected chi connectivity index (χ2v) is 7.46. The van der Waals surface area contributed by atoms with Crippen LogP contribution in [0.4, 0.5) is 0 Å². The van der Waals surface area contributed by atoms with E-state index in [1.165, 1.54) is 7.11 Å². The van der Waals surface area contributed by atoms with Crippen LogP contribution in [0, 0.1) is 16.0 Å². The molecule has 0 spiro atoms. The van der Waals surface area contributed by atoms with Crippen LogP contribution in [0.25, 0.3) is 0 Å². The van der Waals surface area contributed by atoms with Crippen molar-refractivity contribution in [3.63, 3.8) is 0 Å². The number of benzene rings is 1. The van der Waals surface area contributed by atoms with E-state index in [0.717, 1.165) is 0 Å². The number of carbonyl (C=O) groups excluding carboxylic acids is 2. The standard InChI is InChI=1S/C21H28N2O8/c1-5-29-19(24)15-13-22-21(2,3)18(20(25)28-4)17(15)14-9-6-7-10-16(14)30-11-8-12-31-23(26)27/h6-7,9-10,13,17-18,22H,5,8,11-12H2,1-4H3. The van der Waals surface area contributed by atoms with Gasteiger partial charge in [0.1, 0.15) is 5.75 Å². The molecule has 10 nitrogen and oxygen atoms in total. The number of esters is 2. The first-order valence-corrected chi connectivity index (χ1v) is 9.94. The molecular weight excluding hydrogens is 408 g/mol. The Morgan fingerprint density at radius 2 is 1.94 bits per heavy atom. The Hall–Kier alpha value is -3.30. The van der Waals surface area contributed by atoms with Gasteiger partial charge in [0.2, 0.25) is 0 Å². The maximum atomic E-state index is 12.8. The van der Waals surface area contributed by atoms with E-state index in [1.807, 2.05) is 13.8 Å². The summed E-state index contributed by atoms with van der Waals surface area (Å²) in [5.74, 6) is -2.00. The Morgan fingerprint density at radius 3 is 2.58 bits per heavy atom. The van der Waals surface area contributed by atoms with Crippen LogP contribution < -0.4 is 10.1 Å². The van der Waals surface area contributed by atoms with Gasteiger partial charge in [0.15, 0.2) is 0 Å². The molecule has 0 aromatic heterocycles. The average Bonchev–Trinajstić information content (AvgIpc) is 2.72. The number of para-hydroxylation sites is 1. The molecule has 31 heavy (non-hydrogen) atoms. The first-order valence-electron chi connectivity index (χ1n) is 9.94. The van der Waals surface area contributed by atoms with Crippen molar-refractivity contribution < 1.29 is 33.7 Å². The van der Waals surface area contributed by atoms with Crippen LogP contribution in [0.2, 0.25) is 0 Å². The van der Waals surface area contributed by atoms with E-state index in [4.69, 9.17) is 14.2 Å². The minimum atomic E-state index is -0.859. The minimum Gasteiger partial charge on any atom is -0.493 e. The molecule has 2 atom stereocenters. The van der Waals surface area contributed by atoms with Crippen LogP contribution in [0.5, 0.6) is 5.75 Å². The average molecular weight is 436 g/mol. The van der Waals surface area contributed by atoms with E-state index >= 15 is 0 Å². The highest BCUT2D eigenvalue weighted by molar-refractivity contribution is 5.93. The Balaban J connectivity index is 2.42. The van der Waals surface area contributed by atoms with E-state index in [2.05, 4.69) is 10.2 Å². The zero-order valence-corrected chi connectivity index (χ0v) is 18.1. The molecule has 1 heterocycles. The third-order valence-electron chi connectivity index (χ3n) is 5.01. The van der Waals surface area contributed by atoms with Crippen LogP contribution in [-0.2, 0) is 23.9 Å². The molecule has 2 rings (SSSR count). The van der Waals surface area contributed by atoms with Crippen molar-refractivity contribution in [2.24, 2.45) is 5.92 Å². The van der Waals surface area contributed by atoms with Gasteiger partial charge in [-0.15, -0.1) is 10.1 Å². The first-order chi connectivity index (χ1) is 14.7. The molecule has 0 aliphatic carbocycles. The number of hydrogen-bond donors (Lipinski definition) is 1. The summed E-state index contributed by atoms with van der Waals surface area (Å²) in [4.78, 5) is 40.1. The predicted molar refractivity (Wildman–Crippen MR) is 110 cm³/mol. The normalized spacial score (nSPS) is 19.4. The molecule has 1 N–H and O–H groups in total. The Kier molecular flexibility index (Phi) is 8.23. The summed E-state index contributed by atoms with van der Waals surface area (Å²) in [6.45, 7) is 5.63. The fourth-order valence-electron chi connectivity index (χ4n) is 3.59. The molecule has 0 amide bonds. The van der Waals surface area contributed by atoms with Crippen LogP contribution in [0.15, 0.2) is 36.0 Å². The van der Waals surface area contributed by atoms with E-state index in [0.29, 0.717) is 11.3 Å². The molecule has 0 saturated heterocycles. The maximum Gasteiger partial charge on any atom is 0.336 e. The predicted octanol–water partition coefficient (Wildman–Crippen LogP) is 2.37. The van der Waals surface area contributed by atoms with E-state index in [1.54, 1.807) is 37.4 Å². The largest absolute Gasteiger partial charge is 0.493 e. The second-order valence-electron chi connectivity index (χ2n) is 7.46. The summed E-state index contributed by atoms with van der Waals surface area (Å²) in [6.07, 6.45) is 1.86. The molecule has 1 aliphatic rings. The highest BCUT2D eigenvalue weighted by Gasteiger charge is 2.49. The number of nitrogens with zero attached hydrogens (tertiary/aromatic N) is 1. The van der Waals surface area contributed by atoms with Gasteiger partial charge in [-0.25, -0.2) is 4.79 Å². The fourth-order valence-corrected chi connectivity index (χ4v) is 3.59. The second kappa shape index (κ2) is 10.6. The lowest BCUT2D eigenvalue weighted by Gasteiger charge is -2.42. The molecule has 1 aromatic carbocycles. The van der Waals surface area contributed by atoms with Crippen LogP contribution in [0.3, 0.4) is 0 Å². The van der Waals surface area contributed by atoms with Crippen LogP contribution in [-0.4, -0.2) is 49.5 Å². The fraction of sp³-hybridized carbons (Fsp3) is 0.524. The summed E-state index contributed by atoms with van der Waals surface area (Å²) in [5.41, 5.74) is 0.173. The monoisotopic (exact) mass is 436 g/mol. The first kappa shape index (κ1) is 24.0. The van der Waals surface area contributed by atoms with Gasteiger partial charge in [0.25, 0.3) is 5.09 Å². The van der Waals surface area contributed by atoms with Crippen molar-refractivity contribution in [2.45, 2.75) is 38.6 Å². The zero-order valence-electron chi connectivity index (χ0n) is 18.1. The summed E-state index contributed by atoms with van der Waals surface area (Å²) in [6, 6.07) is 7.04. The van der Waals surface area contributed by atoms with Gasteiger partial charge in [-0.05, 0) is 26.8 Å². The third-order valence-corrected chi connectivity index (χ3v) is 5.01. The van der Waals surface area contributed by atoms with Crippen LogP contribution in [0.1, 0.15) is 38.7 Å². The minimum absolute atomic E-state index is 0.103. The Labute approximate surface area is 180 Å². The molecule has 1 aliphatic heterocycles. The highest BCUT2D eigenvalue weighted by Crippen LogP contribution is 2.45. The summed E-state index contributed by atoms with van der Waals surface area (Å²) >= 11 is 0. The van der Waals surface area contributed by atoms with Gasteiger partial charge in [-0.3, -0.25) is 4.79 Å². The Morgan fingerprint density at radius 1 is 1.23 bits per heavy atom. The van der Waals surface area contributed by atoms with E-state index < -0.39 is 34.4 Å². The lowest BCUT2D eigenvalue weighted by Crippen LogP contribution is -2.54. The molecule has 0 saturated carbocycles. The molecular formula is C21H28N2O8. The molecule has 10 heteroatoms. The summed E-state index contributed by atoms with van der Waals surface area (Å²) in [7, 11) is 1.30. The van der Waals surface area contributed by atoms with E-state index in [-0.39, 0.29) is 31.8 Å². The van der Waals surface area contributed by atoms with Gasteiger partial charge >= 0.3 is 11.9 Å². The Bertz CT molecular complexity index is 836. The quantitative estimate of drug-likeness (QED) is 0.254. The van der Waals surface area contributed by atoms with Gasteiger partial charge in [-0.2, -0.15) is 0 Å². The lowest BCUT2D eigenvalue weighted by molar-refractivity contribution is -0.757. The number of carbonyl (C=O) groups is 2. The van der Waals surface area contributed by atoms with E-state index in [9.17, 15) is 19.7 Å². The summed E-state index contributed by atoms with van der Waals surface area (Å²) < 4.78 is 16.1. The van der Waals surface area contributed by atoms with Crippen LogP contribution >= 0.6 is 0 Å². The molecule has 0 bridgehead atoms. The third kappa shape index (κ3) is 5.87. The van der Waals surface area contributed by atoms with Gasteiger partial charge < -0.3 is 24.4 Å². The topological polar surface area (TPSA) is 126 Å². The number of rotatable bonds is 10. The molecule has 170 valence electrons.